The zero-order valence-electron chi connectivity index (χ0n) is 18.4. The summed E-state index contributed by atoms with van der Waals surface area (Å²) in [7, 11) is 5.71. The molecule has 7 rings (SSSR count). The number of hydrogen-bond donors (Lipinski definition) is 0. The van der Waals surface area contributed by atoms with Gasteiger partial charge in [-0.2, -0.15) is 0 Å². The van der Waals surface area contributed by atoms with Crippen molar-refractivity contribution >= 4 is 5.78 Å². The number of piperidine rings is 1. The number of ketones is 1. The number of nitrogens with zero attached hydrogens (tertiary/aromatic N) is 1. The first-order chi connectivity index (χ1) is 14.5. The molecule has 4 aliphatic carbocycles. The molecule has 0 amide bonds. The van der Waals surface area contributed by atoms with Crippen molar-refractivity contribution < 1.29 is 19.0 Å². The van der Waals surface area contributed by atoms with Crippen molar-refractivity contribution in [1.82, 2.24) is 4.90 Å². The Kier molecular flexibility index (Phi) is 3.71. The topological polar surface area (TPSA) is 48.0 Å². The molecular formula is C25H31NO4. The number of ether oxygens (including phenoxy) is 3. The quantitative estimate of drug-likeness (QED) is 0.699. The van der Waals surface area contributed by atoms with E-state index in [1.54, 1.807) is 14.2 Å². The van der Waals surface area contributed by atoms with Crippen LogP contribution in [0.25, 0.3) is 0 Å². The van der Waals surface area contributed by atoms with E-state index in [0.29, 0.717) is 18.2 Å². The summed E-state index contributed by atoms with van der Waals surface area (Å²) in [5, 5.41) is 0. The summed E-state index contributed by atoms with van der Waals surface area (Å²) in [5.41, 5.74) is 1.73. The molecule has 2 fully saturated rings. The minimum Gasteiger partial charge on any atom is -0.493 e. The maximum Gasteiger partial charge on any atom is 0.166 e. The van der Waals surface area contributed by atoms with Crippen molar-refractivity contribution in [3.8, 4) is 11.5 Å². The highest BCUT2D eigenvalue weighted by Crippen LogP contribution is 2.74. The Hall–Kier alpha value is -1.85. The van der Waals surface area contributed by atoms with Crippen LogP contribution in [0.3, 0.4) is 0 Å². The van der Waals surface area contributed by atoms with Gasteiger partial charge in [-0.1, -0.05) is 25.1 Å². The Labute approximate surface area is 178 Å². The molecule has 1 aromatic rings. The Bertz CT molecular complexity index is 972. The third-order valence-corrected chi connectivity index (χ3v) is 9.16. The summed E-state index contributed by atoms with van der Waals surface area (Å²) in [6.45, 7) is 3.11. The van der Waals surface area contributed by atoms with Crippen LogP contribution in [0.1, 0.15) is 43.7 Å². The summed E-state index contributed by atoms with van der Waals surface area (Å²) in [4.78, 5) is 15.9. The minimum absolute atomic E-state index is 0.108. The number of hydrogen-bond acceptors (Lipinski definition) is 5. The number of carbonyl (C=O) groups excluding carboxylic acids is 1. The number of likely N-dealkylation sites (tertiary alicyclic amines) is 1. The highest BCUT2D eigenvalue weighted by Gasteiger charge is 2.79. The molecule has 2 heterocycles. The molecule has 1 saturated carbocycles. The zero-order valence-corrected chi connectivity index (χ0v) is 18.4. The van der Waals surface area contributed by atoms with Gasteiger partial charge in [-0.15, -0.1) is 0 Å². The maximum absolute atomic E-state index is 13.4. The Morgan fingerprint density at radius 2 is 2.13 bits per heavy atom. The van der Waals surface area contributed by atoms with E-state index in [-0.39, 0.29) is 22.9 Å². The highest BCUT2D eigenvalue weighted by molar-refractivity contribution is 5.84. The molecule has 1 aromatic carbocycles. The largest absolute Gasteiger partial charge is 0.493 e. The smallest absolute Gasteiger partial charge is 0.166 e. The predicted molar refractivity (Wildman–Crippen MR) is 113 cm³/mol. The van der Waals surface area contributed by atoms with Crippen molar-refractivity contribution in [2.75, 3.05) is 27.8 Å². The van der Waals surface area contributed by atoms with Crippen LogP contribution < -0.4 is 9.47 Å². The van der Waals surface area contributed by atoms with Crippen molar-refractivity contribution in [3.63, 3.8) is 0 Å². The van der Waals surface area contributed by atoms with Gasteiger partial charge in [0.2, 0.25) is 0 Å². The second kappa shape index (κ2) is 5.89. The predicted octanol–water partition coefficient (Wildman–Crippen LogP) is 3.28. The molecule has 6 atom stereocenters. The first-order valence-electron chi connectivity index (χ1n) is 11.3. The number of fused-ring (bicyclic) bond motifs is 1. The third kappa shape index (κ3) is 1.79. The summed E-state index contributed by atoms with van der Waals surface area (Å²) in [5.74, 6) is 1.84. The summed E-state index contributed by atoms with van der Waals surface area (Å²) in [6.07, 6.45) is 8.74. The highest BCUT2D eigenvalue weighted by atomic mass is 16.6. The normalized spacial score (nSPS) is 42.1. The van der Waals surface area contributed by atoms with E-state index >= 15 is 0 Å². The van der Waals surface area contributed by atoms with Crippen LogP contribution in [-0.2, 0) is 21.4 Å². The second-order valence-electron chi connectivity index (χ2n) is 9.96. The monoisotopic (exact) mass is 409 g/mol. The van der Waals surface area contributed by atoms with E-state index in [4.69, 9.17) is 14.2 Å². The molecule has 0 N–H and O–H groups in total. The van der Waals surface area contributed by atoms with Crippen LogP contribution >= 0.6 is 0 Å². The molecule has 0 radical (unpaired) electrons. The maximum atomic E-state index is 13.4. The Morgan fingerprint density at radius 1 is 1.30 bits per heavy atom. The lowest BCUT2D eigenvalue weighted by Gasteiger charge is -2.70. The fourth-order valence-electron chi connectivity index (χ4n) is 7.99. The first-order valence-corrected chi connectivity index (χ1v) is 11.3. The molecule has 2 spiro atoms. The Morgan fingerprint density at radius 3 is 2.87 bits per heavy atom. The van der Waals surface area contributed by atoms with Crippen LogP contribution in [0.5, 0.6) is 11.5 Å². The van der Waals surface area contributed by atoms with Gasteiger partial charge < -0.3 is 19.1 Å². The Balaban J connectivity index is 1.65. The summed E-state index contributed by atoms with van der Waals surface area (Å²) >= 11 is 0. The SMILES string of the molecule is CCCC(=O)[C@H]1C[C@@]23C=C[C@@]1(OC)[C@@H]1Oc4c(OC)ccc5c4[C@@]12CCN(C)[C@@H]3C5. The zero-order chi connectivity index (χ0) is 20.9. The van der Waals surface area contributed by atoms with Crippen molar-refractivity contribution in [2.24, 2.45) is 11.3 Å². The van der Waals surface area contributed by atoms with Crippen LogP contribution in [0.4, 0.5) is 0 Å². The van der Waals surface area contributed by atoms with E-state index in [1.165, 1.54) is 11.1 Å². The average Bonchev–Trinajstić information content (AvgIpc) is 3.13. The van der Waals surface area contributed by atoms with Crippen LogP contribution in [0.15, 0.2) is 24.3 Å². The lowest BCUT2D eigenvalue weighted by atomic mass is 9.37. The van der Waals surface area contributed by atoms with Gasteiger partial charge in [0.25, 0.3) is 0 Å². The second-order valence-corrected chi connectivity index (χ2v) is 9.96. The lowest BCUT2D eigenvalue weighted by molar-refractivity contribution is -0.213. The molecular weight excluding hydrogens is 378 g/mol. The fraction of sp³-hybridized carbons (Fsp3) is 0.640. The third-order valence-electron chi connectivity index (χ3n) is 9.16. The number of Topliss-reactive ketones (excluding diaryl/α,β-unsaturated/α-hetero) is 1. The van der Waals surface area contributed by atoms with Gasteiger partial charge in [-0.05, 0) is 50.9 Å². The average molecular weight is 410 g/mol. The van der Waals surface area contributed by atoms with Crippen molar-refractivity contribution in [2.45, 2.75) is 62.2 Å². The van der Waals surface area contributed by atoms with Gasteiger partial charge in [0.15, 0.2) is 11.5 Å². The van der Waals surface area contributed by atoms with Crippen LogP contribution in [0.2, 0.25) is 0 Å². The van der Waals surface area contributed by atoms with E-state index in [9.17, 15) is 4.79 Å². The van der Waals surface area contributed by atoms with E-state index in [0.717, 1.165) is 43.7 Å². The van der Waals surface area contributed by atoms with Crippen LogP contribution in [0, 0.1) is 11.3 Å². The molecule has 1 saturated heterocycles. The molecule has 5 nitrogen and oxygen atoms in total. The van der Waals surface area contributed by atoms with Gasteiger partial charge in [0.05, 0.1) is 18.4 Å². The molecule has 0 unspecified atom stereocenters. The molecule has 4 bridgehead atoms. The van der Waals surface area contributed by atoms with Gasteiger partial charge in [-0.3, -0.25) is 4.79 Å². The van der Waals surface area contributed by atoms with Gasteiger partial charge in [-0.25, -0.2) is 0 Å². The molecule has 2 aliphatic heterocycles. The minimum atomic E-state index is -0.715. The van der Waals surface area contributed by atoms with Crippen LogP contribution in [-0.4, -0.2) is 56.2 Å². The fourth-order valence-corrected chi connectivity index (χ4v) is 7.99. The van der Waals surface area contributed by atoms with Crippen molar-refractivity contribution in [1.29, 1.82) is 0 Å². The van der Waals surface area contributed by atoms with E-state index in [2.05, 4.69) is 37.1 Å². The summed E-state index contributed by atoms with van der Waals surface area (Å²) < 4.78 is 18.9. The summed E-state index contributed by atoms with van der Waals surface area (Å²) in [6, 6.07) is 4.65. The first kappa shape index (κ1) is 18.9. The number of rotatable bonds is 5. The lowest BCUT2D eigenvalue weighted by Crippen LogP contribution is -2.79. The standard InChI is InChI=1S/C25H31NO4/c1-5-6-17(27)16-14-23-9-10-25(16,29-4)22-24(23)11-12-26(2)19(23)13-15-7-8-18(28-3)21(30-22)20(15)24/h7-10,16,19,22H,5-6,11-14H2,1-4H3/t16-,19-,22-,23-,24+,25+/m1/s1. The molecule has 30 heavy (non-hydrogen) atoms. The van der Waals surface area contributed by atoms with E-state index < -0.39 is 5.60 Å². The van der Waals surface area contributed by atoms with Gasteiger partial charge >= 0.3 is 0 Å². The molecule has 5 heteroatoms. The van der Waals surface area contributed by atoms with E-state index in [1.807, 2.05) is 6.07 Å². The molecule has 6 aliphatic rings. The number of likely N-dealkylation sites (N-methyl/N-ethyl adjacent to an activating group) is 1. The van der Waals surface area contributed by atoms with Crippen molar-refractivity contribution in [3.05, 3.63) is 35.4 Å². The number of carbonyl (C=O) groups is 1. The van der Waals surface area contributed by atoms with Gasteiger partial charge in [0, 0.05) is 30.6 Å². The molecule has 160 valence electrons. The number of benzene rings is 1. The molecule has 0 aromatic heterocycles. The number of methoxy groups -OCH3 is 2. The van der Waals surface area contributed by atoms with Gasteiger partial charge in [0.1, 0.15) is 17.5 Å².